The topological polar surface area (TPSA) is 35.5 Å². The molecule has 0 aromatic rings. The van der Waals surface area contributed by atoms with Gasteiger partial charge in [-0.05, 0) is 56.9 Å². The van der Waals surface area contributed by atoms with Crippen LogP contribution in [0.1, 0.15) is 77.0 Å². The van der Waals surface area contributed by atoms with E-state index in [-0.39, 0.29) is 0 Å². The zero-order valence-corrected chi connectivity index (χ0v) is 15.0. The normalized spacial score (nSPS) is 32.2. The molecule has 1 aliphatic heterocycles. The highest BCUT2D eigenvalue weighted by Crippen LogP contribution is 2.29. The van der Waals surface area contributed by atoms with E-state index in [1.165, 1.54) is 90.3 Å². The largest absolute Gasteiger partial charge is 0.396 e. The van der Waals surface area contributed by atoms with E-state index in [1.54, 1.807) is 0 Å². The lowest BCUT2D eigenvalue weighted by atomic mass is 9.86. The standard InChI is InChI=1S/C20H38N2O/c23-12-11-18-13-19(21-14-17-7-3-1-4-8-17)16-22(15-18)20-9-5-2-6-10-20/h17-21,23H,1-16H2. The van der Waals surface area contributed by atoms with Crippen LogP contribution in [0.2, 0.25) is 0 Å². The Balaban J connectivity index is 1.50. The SMILES string of the molecule is OCCC1CC(NCC2CCCCC2)CN(C2CCCCC2)C1. The summed E-state index contributed by atoms with van der Waals surface area (Å²) in [6.07, 6.45) is 16.6. The van der Waals surface area contributed by atoms with E-state index >= 15 is 0 Å². The van der Waals surface area contributed by atoms with Crippen molar-refractivity contribution in [3.8, 4) is 0 Å². The summed E-state index contributed by atoms with van der Waals surface area (Å²) < 4.78 is 0. The van der Waals surface area contributed by atoms with E-state index in [0.717, 1.165) is 18.4 Å². The number of hydrogen-bond acceptors (Lipinski definition) is 3. The average Bonchev–Trinajstić information content (AvgIpc) is 2.62. The molecule has 0 spiro atoms. The lowest BCUT2D eigenvalue weighted by molar-refractivity contribution is 0.0662. The highest BCUT2D eigenvalue weighted by Gasteiger charge is 2.31. The third-order valence-corrected chi connectivity index (χ3v) is 6.61. The predicted molar refractivity (Wildman–Crippen MR) is 96.6 cm³/mol. The van der Waals surface area contributed by atoms with E-state index in [4.69, 9.17) is 0 Å². The number of piperidine rings is 1. The van der Waals surface area contributed by atoms with Crippen LogP contribution < -0.4 is 5.32 Å². The fraction of sp³-hybridized carbons (Fsp3) is 1.00. The fourth-order valence-corrected chi connectivity index (χ4v) is 5.25. The Morgan fingerprint density at radius 3 is 2.22 bits per heavy atom. The molecule has 0 amide bonds. The summed E-state index contributed by atoms with van der Waals surface area (Å²) in [6, 6.07) is 1.48. The molecule has 3 nitrogen and oxygen atoms in total. The predicted octanol–water partition coefficient (Wildman–Crippen LogP) is 3.56. The lowest BCUT2D eigenvalue weighted by Crippen LogP contribution is -2.53. The number of aliphatic hydroxyl groups excluding tert-OH is 1. The maximum absolute atomic E-state index is 9.40. The molecule has 0 aromatic heterocycles. The molecule has 2 aliphatic carbocycles. The van der Waals surface area contributed by atoms with Gasteiger partial charge in [-0.1, -0.05) is 38.5 Å². The minimum absolute atomic E-state index is 0.360. The first-order chi connectivity index (χ1) is 11.3. The molecule has 1 saturated heterocycles. The van der Waals surface area contributed by atoms with Gasteiger partial charge >= 0.3 is 0 Å². The smallest absolute Gasteiger partial charge is 0.0434 e. The van der Waals surface area contributed by atoms with Crippen molar-refractivity contribution in [2.75, 3.05) is 26.2 Å². The average molecular weight is 323 g/mol. The molecule has 2 saturated carbocycles. The minimum atomic E-state index is 0.360. The van der Waals surface area contributed by atoms with Crippen LogP contribution in [0.3, 0.4) is 0 Å². The van der Waals surface area contributed by atoms with Crippen molar-refractivity contribution in [2.45, 2.75) is 89.1 Å². The zero-order valence-electron chi connectivity index (χ0n) is 15.0. The van der Waals surface area contributed by atoms with Gasteiger partial charge in [-0.3, -0.25) is 4.90 Å². The highest BCUT2D eigenvalue weighted by molar-refractivity contribution is 4.88. The molecular formula is C20H38N2O. The molecule has 0 radical (unpaired) electrons. The minimum Gasteiger partial charge on any atom is -0.396 e. The van der Waals surface area contributed by atoms with Gasteiger partial charge in [0, 0.05) is 31.8 Å². The van der Waals surface area contributed by atoms with Crippen molar-refractivity contribution in [1.29, 1.82) is 0 Å². The summed E-state index contributed by atoms with van der Waals surface area (Å²) in [5.74, 6) is 1.62. The molecular weight excluding hydrogens is 284 g/mol. The Kier molecular flexibility index (Phi) is 7.22. The molecule has 3 rings (SSSR count). The van der Waals surface area contributed by atoms with Crippen LogP contribution in [0.5, 0.6) is 0 Å². The maximum atomic E-state index is 9.40. The van der Waals surface area contributed by atoms with Crippen LogP contribution in [-0.4, -0.2) is 48.3 Å². The van der Waals surface area contributed by atoms with Gasteiger partial charge in [0.15, 0.2) is 0 Å². The van der Waals surface area contributed by atoms with E-state index in [2.05, 4.69) is 10.2 Å². The number of nitrogens with zero attached hydrogens (tertiary/aromatic N) is 1. The summed E-state index contributed by atoms with van der Waals surface area (Å²) in [6.45, 7) is 4.07. The van der Waals surface area contributed by atoms with Crippen molar-refractivity contribution in [2.24, 2.45) is 11.8 Å². The van der Waals surface area contributed by atoms with Crippen LogP contribution in [0.25, 0.3) is 0 Å². The molecule has 2 atom stereocenters. The Morgan fingerprint density at radius 2 is 1.52 bits per heavy atom. The number of likely N-dealkylation sites (tertiary alicyclic amines) is 1. The summed E-state index contributed by atoms with van der Waals surface area (Å²) >= 11 is 0. The molecule has 2 unspecified atom stereocenters. The summed E-state index contributed by atoms with van der Waals surface area (Å²) in [4.78, 5) is 2.78. The number of hydrogen-bond donors (Lipinski definition) is 2. The first-order valence-electron chi connectivity index (χ1n) is 10.4. The van der Waals surface area contributed by atoms with Gasteiger partial charge in [0.2, 0.25) is 0 Å². The number of aliphatic hydroxyl groups is 1. The zero-order chi connectivity index (χ0) is 15.9. The molecule has 3 aliphatic rings. The van der Waals surface area contributed by atoms with Gasteiger partial charge in [0.25, 0.3) is 0 Å². The van der Waals surface area contributed by atoms with Crippen molar-refractivity contribution in [3.05, 3.63) is 0 Å². The third-order valence-electron chi connectivity index (χ3n) is 6.61. The lowest BCUT2D eigenvalue weighted by Gasteiger charge is -2.44. The fourth-order valence-electron chi connectivity index (χ4n) is 5.25. The molecule has 2 N–H and O–H groups in total. The van der Waals surface area contributed by atoms with E-state index in [1.807, 2.05) is 0 Å². The number of rotatable bonds is 6. The molecule has 134 valence electrons. The van der Waals surface area contributed by atoms with Gasteiger partial charge in [0.05, 0.1) is 0 Å². The Bertz CT molecular complexity index is 324. The number of nitrogens with one attached hydrogen (secondary N) is 1. The third kappa shape index (κ3) is 5.44. The van der Waals surface area contributed by atoms with Crippen LogP contribution in [0, 0.1) is 11.8 Å². The van der Waals surface area contributed by atoms with Gasteiger partial charge in [0.1, 0.15) is 0 Å². The van der Waals surface area contributed by atoms with Gasteiger partial charge in [-0.2, -0.15) is 0 Å². The first-order valence-corrected chi connectivity index (χ1v) is 10.4. The van der Waals surface area contributed by atoms with Crippen LogP contribution >= 0.6 is 0 Å². The second-order valence-corrected chi connectivity index (χ2v) is 8.47. The second kappa shape index (κ2) is 9.39. The van der Waals surface area contributed by atoms with Crippen molar-refractivity contribution < 1.29 is 5.11 Å². The maximum Gasteiger partial charge on any atom is 0.0434 e. The van der Waals surface area contributed by atoms with E-state index < -0.39 is 0 Å². The molecule has 1 heterocycles. The molecule has 3 heteroatoms. The van der Waals surface area contributed by atoms with Crippen LogP contribution in [-0.2, 0) is 0 Å². The first kappa shape index (κ1) is 17.7. The quantitative estimate of drug-likeness (QED) is 0.785. The van der Waals surface area contributed by atoms with Gasteiger partial charge in [-0.15, -0.1) is 0 Å². The molecule has 23 heavy (non-hydrogen) atoms. The summed E-state index contributed by atoms with van der Waals surface area (Å²) in [7, 11) is 0. The van der Waals surface area contributed by atoms with E-state index in [0.29, 0.717) is 18.6 Å². The summed E-state index contributed by atoms with van der Waals surface area (Å²) in [5, 5.41) is 13.3. The van der Waals surface area contributed by atoms with Crippen molar-refractivity contribution in [3.63, 3.8) is 0 Å². The van der Waals surface area contributed by atoms with Crippen molar-refractivity contribution in [1.82, 2.24) is 10.2 Å². The Labute approximate surface area is 143 Å². The van der Waals surface area contributed by atoms with Crippen molar-refractivity contribution >= 4 is 0 Å². The van der Waals surface area contributed by atoms with Gasteiger partial charge < -0.3 is 10.4 Å². The Hall–Kier alpha value is -0.120. The highest BCUT2D eigenvalue weighted by atomic mass is 16.3. The van der Waals surface area contributed by atoms with Crippen LogP contribution in [0.15, 0.2) is 0 Å². The van der Waals surface area contributed by atoms with E-state index in [9.17, 15) is 5.11 Å². The molecule has 0 aromatic carbocycles. The summed E-state index contributed by atoms with van der Waals surface area (Å²) in [5.41, 5.74) is 0. The van der Waals surface area contributed by atoms with Gasteiger partial charge in [-0.25, -0.2) is 0 Å². The molecule has 3 fully saturated rings. The van der Waals surface area contributed by atoms with Crippen LogP contribution in [0.4, 0.5) is 0 Å². The Morgan fingerprint density at radius 1 is 0.826 bits per heavy atom. The molecule has 0 bridgehead atoms. The monoisotopic (exact) mass is 322 g/mol. The second-order valence-electron chi connectivity index (χ2n) is 8.47.